The van der Waals surface area contributed by atoms with Gasteiger partial charge in [0, 0.05) is 45.6 Å². The van der Waals surface area contributed by atoms with Crippen LogP contribution in [0.2, 0.25) is 0 Å². The fourth-order valence-electron chi connectivity index (χ4n) is 2.44. The van der Waals surface area contributed by atoms with Gasteiger partial charge in [-0.15, -0.1) is 0 Å². The highest BCUT2D eigenvalue weighted by molar-refractivity contribution is 5.81. The van der Waals surface area contributed by atoms with E-state index in [0.29, 0.717) is 26.1 Å². The minimum Gasteiger partial charge on any atom is -0.385 e. The number of hydrogen-bond donors (Lipinski definition) is 1. The van der Waals surface area contributed by atoms with E-state index >= 15 is 0 Å². The summed E-state index contributed by atoms with van der Waals surface area (Å²) in [5.74, 6) is -0.262. The first-order chi connectivity index (χ1) is 10.1. The number of carbonyl (C=O) groups excluding carboxylic acids is 1. The van der Waals surface area contributed by atoms with Crippen molar-refractivity contribution in [2.75, 3.05) is 44.8 Å². The van der Waals surface area contributed by atoms with Gasteiger partial charge in [-0.1, -0.05) is 0 Å². The van der Waals surface area contributed by atoms with Crippen LogP contribution in [0.5, 0.6) is 0 Å². The van der Waals surface area contributed by atoms with Gasteiger partial charge in [-0.3, -0.25) is 4.79 Å². The first-order valence-corrected chi connectivity index (χ1v) is 7.15. The Balaban J connectivity index is 1.85. The Morgan fingerprint density at radius 3 is 2.48 bits per heavy atom. The predicted octanol–water partition coefficient (Wildman–Crippen LogP) is 0.838. The lowest BCUT2D eigenvalue weighted by atomic mass is 10.1. The molecule has 0 saturated carbocycles. The van der Waals surface area contributed by atoms with Gasteiger partial charge in [-0.25, -0.2) is 4.39 Å². The first-order valence-electron chi connectivity index (χ1n) is 7.15. The largest absolute Gasteiger partial charge is 0.385 e. The molecule has 6 heteroatoms. The van der Waals surface area contributed by atoms with Crippen LogP contribution in [0.15, 0.2) is 24.3 Å². The summed E-state index contributed by atoms with van der Waals surface area (Å²) in [6, 6.07) is 5.93. The number of nitrogens with two attached hydrogens (primary N) is 1. The molecule has 2 N–H and O–H groups in total. The van der Waals surface area contributed by atoms with Gasteiger partial charge in [-0.2, -0.15) is 0 Å². The smallest absolute Gasteiger partial charge is 0.239 e. The predicted molar refractivity (Wildman–Crippen MR) is 79.7 cm³/mol. The number of anilines is 1. The molecule has 1 aliphatic rings. The molecule has 1 saturated heterocycles. The van der Waals surface area contributed by atoms with Gasteiger partial charge in [0.05, 0.1) is 6.04 Å². The van der Waals surface area contributed by atoms with Crippen LogP contribution in [-0.2, 0) is 9.53 Å². The maximum absolute atomic E-state index is 12.9. The van der Waals surface area contributed by atoms with E-state index in [1.165, 1.54) is 12.1 Å². The van der Waals surface area contributed by atoms with Crippen molar-refractivity contribution in [1.82, 2.24) is 4.90 Å². The third kappa shape index (κ3) is 4.15. The van der Waals surface area contributed by atoms with Gasteiger partial charge in [0.25, 0.3) is 0 Å². The molecule has 1 aliphatic heterocycles. The molecule has 0 spiro atoms. The van der Waals surface area contributed by atoms with E-state index in [2.05, 4.69) is 4.90 Å². The van der Waals surface area contributed by atoms with E-state index in [4.69, 9.17) is 10.5 Å². The highest BCUT2D eigenvalue weighted by Gasteiger charge is 2.25. The minimum absolute atomic E-state index is 0.0224. The lowest BCUT2D eigenvalue weighted by molar-refractivity contribution is -0.133. The van der Waals surface area contributed by atoms with Crippen LogP contribution >= 0.6 is 0 Å². The standard InChI is InChI=1S/C15H22FN3O2/c1-21-11-6-14(17)15(20)19-9-7-18(8-10-19)13-4-2-12(16)3-5-13/h2-5,14H,6-11,17H2,1H3. The van der Waals surface area contributed by atoms with Crippen LogP contribution in [0.3, 0.4) is 0 Å². The molecule has 1 aromatic rings. The zero-order valence-corrected chi connectivity index (χ0v) is 12.3. The molecule has 1 fully saturated rings. The van der Waals surface area contributed by atoms with E-state index in [9.17, 15) is 9.18 Å². The van der Waals surface area contributed by atoms with Crippen LogP contribution in [-0.4, -0.2) is 56.7 Å². The minimum atomic E-state index is -0.498. The molecular formula is C15H22FN3O2. The summed E-state index contributed by atoms with van der Waals surface area (Å²) in [7, 11) is 1.60. The van der Waals surface area contributed by atoms with Crippen molar-refractivity contribution >= 4 is 11.6 Å². The number of rotatable bonds is 5. The second-order valence-electron chi connectivity index (χ2n) is 5.18. The van der Waals surface area contributed by atoms with Crippen molar-refractivity contribution in [3.8, 4) is 0 Å². The Morgan fingerprint density at radius 1 is 1.29 bits per heavy atom. The van der Waals surface area contributed by atoms with E-state index in [-0.39, 0.29) is 11.7 Å². The molecule has 116 valence electrons. The summed E-state index contributed by atoms with van der Waals surface area (Å²) in [4.78, 5) is 16.1. The van der Waals surface area contributed by atoms with Gasteiger partial charge in [0.15, 0.2) is 0 Å². The number of methoxy groups -OCH3 is 1. The number of nitrogens with zero attached hydrogens (tertiary/aromatic N) is 2. The van der Waals surface area contributed by atoms with Crippen molar-refractivity contribution in [2.45, 2.75) is 12.5 Å². The summed E-state index contributed by atoms with van der Waals surface area (Å²) in [6.45, 7) is 3.22. The number of piperazine rings is 1. The van der Waals surface area contributed by atoms with Crippen molar-refractivity contribution < 1.29 is 13.9 Å². The number of ether oxygens (including phenoxy) is 1. The van der Waals surface area contributed by atoms with Crippen molar-refractivity contribution in [3.63, 3.8) is 0 Å². The van der Waals surface area contributed by atoms with E-state index in [1.807, 2.05) is 0 Å². The number of carbonyl (C=O) groups is 1. The SMILES string of the molecule is COCCC(N)C(=O)N1CCN(c2ccc(F)cc2)CC1. The van der Waals surface area contributed by atoms with Gasteiger partial charge in [0.2, 0.25) is 5.91 Å². The molecule has 1 heterocycles. The van der Waals surface area contributed by atoms with Gasteiger partial charge < -0.3 is 20.3 Å². The fraction of sp³-hybridized carbons (Fsp3) is 0.533. The van der Waals surface area contributed by atoms with E-state index in [1.54, 1.807) is 24.1 Å². The Labute approximate surface area is 124 Å². The maximum atomic E-state index is 12.9. The van der Waals surface area contributed by atoms with Crippen LogP contribution in [0, 0.1) is 5.82 Å². The summed E-state index contributed by atoms with van der Waals surface area (Å²) < 4.78 is 17.9. The van der Waals surface area contributed by atoms with Crippen LogP contribution < -0.4 is 10.6 Å². The number of amides is 1. The lowest BCUT2D eigenvalue weighted by Crippen LogP contribution is -2.53. The molecule has 0 aliphatic carbocycles. The molecule has 0 aromatic heterocycles. The Bertz CT molecular complexity index is 458. The number of benzene rings is 1. The zero-order chi connectivity index (χ0) is 15.2. The van der Waals surface area contributed by atoms with Crippen LogP contribution in [0.25, 0.3) is 0 Å². The van der Waals surface area contributed by atoms with Crippen LogP contribution in [0.4, 0.5) is 10.1 Å². The molecule has 1 amide bonds. The second kappa shape index (κ2) is 7.38. The Hall–Kier alpha value is -1.66. The number of halogens is 1. The van der Waals surface area contributed by atoms with Crippen molar-refractivity contribution in [1.29, 1.82) is 0 Å². The lowest BCUT2D eigenvalue weighted by Gasteiger charge is -2.37. The number of hydrogen-bond acceptors (Lipinski definition) is 4. The van der Waals surface area contributed by atoms with Gasteiger partial charge in [-0.05, 0) is 30.7 Å². The third-order valence-electron chi connectivity index (χ3n) is 3.73. The summed E-state index contributed by atoms with van der Waals surface area (Å²) in [5.41, 5.74) is 6.85. The molecule has 0 bridgehead atoms. The van der Waals surface area contributed by atoms with E-state index < -0.39 is 6.04 Å². The van der Waals surface area contributed by atoms with Crippen molar-refractivity contribution in [2.24, 2.45) is 5.73 Å². The molecular weight excluding hydrogens is 273 g/mol. The Morgan fingerprint density at radius 2 is 1.90 bits per heavy atom. The Kier molecular flexibility index (Phi) is 5.52. The monoisotopic (exact) mass is 295 g/mol. The highest BCUT2D eigenvalue weighted by Crippen LogP contribution is 2.17. The molecule has 1 atom stereocenters. The molecule has 5 nitrogen and oxygen atoms in total. The van der Waals surface area contributed by atoms with Crippen molar-refractivity contribution in [3.05, 3.63) is 30.1 Å². The first kappa shape index (κ1) is 15.7. The summed E-state index contributed by atoms with van der Waals surface area (Å²) in [6.07, 6.45) is 0.535. The topological polar surface area (TPSA) is 58.8 Å². The molecule has 1 unspecified atom stereocenters. The molecule has 1 aromatic carbocycles. The summed E-state index contributed by atoms with van der Waals surface area (Å²) in [5, 5.41) is 0. The quantitative estimate of drug-likeness (QED) is 0.874. The summed E-state index contributed by atoms with van der Waals surface area (Å²) >= 11 is 0. The fourth-order valence-corrected chi connectivity index (χ4v) is 2.44. The third-order valence-corrected chi connectivity index (χ3v) is 3.73. The normalized spacial score (nSPS) is 16.9. The second-order valence-corrected chi connectivity index (χ2v) is 5.18. The average molecular weight is 295 g/mol. The zero-order valence-electron chi connectivity index (χ0n) is 12.3. The van der Waals surface area contributed by atoms with Gasteiger partial charge >= 0.3 is 0 Å². The average Bonchev–Trinajstić information content (AvgIpc) is 2.53. The maximum Gasteiger partial charge on any atom is 0.239 e. The molecule has 0 radical (unpaired) electrons. The van der Waals surface area contributed by atoms with Crippen LogP contribution in [0.1, 0.15) is 6.42 Å². The molecule has 2 rings (SSSR count). The highest BCUT2D eigenvalue weighted by atomic mass is 19.1. The van der Waals surface area contributed by atoms with Gasteiger partial charge in [0.1, 0.15) is 5.82 Å². The van der Waals surface area contributed by atoms with E-state index in [0.717, 1.165) is 18.8 Å². The molecule has 21 heavy (non-hydrogen) atoms.